The Morgan fingerprint density at radius 2 is 2.00 bits per heavy atom. The lowest BCUT2D eigenvalue weighted by molar-refractivity contribution is 0.204. The third-order valence-electron chi connectivity index (χ3n) is 2.70. The van der Waals surface area contributed by atoms with Crippen molar-refractivity contribution in [2.24, 2.45) is 0 Å². The number of nitrogens with zero attached hydrogens (tertiary/aromatic N) is 2. The monoisotopic (exact) mass is 270 g/mol. The third-order valence-corrected chi connectivity index (χ3v) is 3.72. The van der Waals surface area contributed by atoms with Crippen molar-refractivity contribution in [2.45, 2.75) is 18.1 Å². The quantitative estimate of drug-likeness (QED) is 0.867. The van der Waals surface area contributed by atoms with Crippen LogP contribution in [-0.4, -0.2) is 15.8 Å². The maximum Gasteiger partial charge on any atom is 0.0991 e. The first-order valence-corrected chi connectivity index (χ1v) is 6.91. The summed E-state index contributed by atoms with van der Waals surface area (Å²) in [5.41, 5.74) is 2.54. The van der Waals surface area contributed by atoms with E-state index in [9.17, 15) is 5.11 Å². The van der Waals surface area contributed by atoms with Crippen LogP contribution in [0.25, 0.3) is 0 Å². The SMILES string of the molecule is Cc1ccc(SCC(O)c2ccc(C#N)cc2)nc1. The van der Waals surface area contributed by atoms with Crippen LogP contribution in [-0.2, 0) is 0 Å². The minimum atomic E-state index is -0.555. The van der Waals surface area contributed by atoms with Crippen LogP contribution < -0.4 is 0 Å². The first-order chi connectivity index (χ1) is 9.19. The predicted molar refractivity (Wildman–Crippen MR) is 75.8 cm³/mol. The second-order valence-corrected chi connectivity index (χ2v) is 5.27. The first kappa shape index (κ1) is 13.6. The van der Waals surface area contributed by atoms with Crippen LogP contribution in [0, 0.1) is 18.3 Å². The molecule has 1 atom stereocenters. The van der Waals surface area contributed by atoms with Crippen molar-refractivity contribution in [1.29, 1.82) is 5.26 Å². The van der Waals surface area contributed by atoms with Crippen molar-refractivity contribution < 1.29 is 5.11 Å². The molecule has 2 aromatic rings. The van der Waals surface area contributed by atoms with E-state index in [1.807, 2.05) is 25.3 Å². The summed E-state index contributed by atoms with van der Waals surface area (Å²) in [5.74, 6) is 0.544. The van der Waals surface area contributed by atoms with Crippen LogP contribution >= 0.6 is 11.8 Å². The van der Waals surface area contributed by atoms with E-state index in [2.05, 4.69) is 11.1 Å². The summed E-state index contributed by atoms with van der Waals surface area (Å²) in [6.07, 6.45) is 1.26. The van der Waals surface area contributed by atoms with Gasteiger partial charge in [-0.25, -0.2) is 4.98 Å². The van der Waals surface area contributed by atoms with Gasteiger partial charge in [-0.3, -0.25) is 0 Å². The van der Waals surface area contributed by atoms with E-state index < -0.39 is 6.10 Å². The Hall–Kier alpha value is -1.83. The Kier molecular flexibility index (Phi) is 4.56. The predicted octanol–water partition coefficient (Wildman–Crippen LogP) is 3.09. The fourth-order valence-corrected chi connectivity index (χ4v) is 2.39. The number of benzene rings is 1. The van der Waals surface area contributed by atoms with E-state index in [4.69, 9.17) is 5.26 Å². The number of pyridine rings is 1. The Morgan fingerprint density at radius 3 is 2.58 bits per heavy atom. The molecule has 0 amide bonds. The first-order valence-electron chi connectivity index (χ1n) is 5.92. The Bertz CT molecular complexity index is 573. The Balaban J connectivity index is 1.95. The molecule has 0 aliphatic carbocycles. The van der Waals surface area contributed by atoms with Crippen molar-refractivity contribution >= 4 is 11.8 Å². The molecule has 0 aliphatic heterocycles. The molecule has 96 valence electrons. The minimum Gasteiger partial charge on any atom is -0.388 e. The number of aryl methyl sites for hydroxylation is 1. The number of aliphatic hydroxyl groups is 1. The van der Waals surface area contributed by atoms with Gasteiger partial charge in [0.2, 0.25) is 0 Å². The molecular weight excluding hydrogens is 256 g/mol. The van der Waals surface area contributed by atoms with Crippen LogP contribution in [0.3, 0.4) is 0 Å². The highest BCUT2D eigenvalue weighted by Gasteiger charge is 2.08. The van der Waals surface area contributed by atoms with E-state index in [1.165, 1.54) is 11.8 Å². The van der Waals surface area contributed by atoms with Crippen LogP contribution in [0.2, 0.25) is 0 Å². The van der Waals surface area contributed by atoms with Gasteiger partial charge in [0.05, 0.1) is 22.8 Å². The van der Waals surface area contributed by atoms with Gasteiger partial charge < -0.3 is 5.11 Å². The standard InChI is InChI=1S/C15H14N2OS/c1-11-2-7-15(17-9-11)19-10-14(18)13-5-3-12(8-16)4-6-13/h2-7,9,14,18H,10H2,1H3. The van der Waals surface area contributed by atoms with Crippen molar-refractivity contribution in [3.05, 3.63) is 59.3 Å². The molecule has 0 bridgehead atoms. The number of nitriles is 1. The molecule has 19 heavy (non-hydrogen) atoms. The molecule has 1 unspecified atom stereocenters. The maximum absolute atomic E-state index is 10.1. The second kappa shape index (κ2) is 6.37. The summed E-state index contributed by atoms with van der Waals surface area (Å²) < 4.78 is 0. The summed E-state index contributed by atoms with van der Waals surface area (Å²) in [6.45, 7) is 1.99. The Morgan fingerprint density at radius 1 is 1.26 bits per heavy atom. The van der Waals surface area contributed by atoms with Gasteiger partial charge >= 0.3 is 0 Å². The fraction of sp³-hybridized carbons (Fsp3) is 0.200. The number of rotatable bonds is 4. The summed E-state index contributed by atoms with van der Waals surface area (Å²) in [4.78, 5) is 4.28. The lowest BCUT2D eigenvalue weighted by Crippen LogP contribution is -2.00. The van der Waals surface area contributed by atoms with E-state index in [0.29, 0.717) is 11.3 Å². The van der Waals surface area contributed by atoms with Gasteiger partial charge in [-0.05, 0) is 36.2 Å². The van der Waals surface area contributed by atoms with E-state index in [0.717, 1.165) is 16.2 Å². The molecule has 0 saturated carbocycles. The lowest BCUT2D eigenvalue weighted by atomic mass is 10.1. The maximum atomic E-state index is 10.1. The zero-order valence-electron chi connectivity index (χ0n) is 10.6. The molecule has 1 N–H and O–H groups in total. The van der Waals surface area contributed by atoms with E-state index >= 15 is 0 Å². The molecule has 0 radical (unpaired) electrons. The highest BCUT2D eigenvalue weighted by atomic mass is 32.2. The minimum absolute atomic E-state index is 0.544. The number of thioether (sulfide) groups is 1. The topological polar surface area (TPSA) is 56.9 Å². The molecule has 2 rings (SSSR count). The zero-order valence-corrected chi connectivity index (χ0v) is 11.4. The molecule has 0 aliphatic rings. The number of aliphatic hydroxyl groups excluding tert-OH is 1. The van der Waals surface area contributed by atoms with Gasteiger partial charge in [-0.1, -0.05) is 18.2 Å². The average Bonchev–Trinajstić information content (AvgIpc) is 2.46. The summed E-state index contributed by atoms with van der Waals surface area (Å²) >= 11 is 1.52. The summed E-state index contributed by atoms with van der Waals surface area (Å²) in [6, 6.07) is 13.0. The number of aromatic nitrogens is 1. The molecule has 0 spiro atoms. The van der Waals surface area contributed by atoms with Gasteiger partial charge in [0.25, 0.3) is 0 Å². The van der Waals surface area contributed by atoms with Crippen molar-refractivity contribution in [3.8, 4) is 6.07 Å². The van der Waals surface area contributed by atoms with Crippen LogP contribution in [0.1, 0.15) is 22.8 Å². The van der Waals surface area contributed by atoms with Gasteiger partial charge in [-0.15, -0.1) is 11.8 Å². The highest BCUT2D eigenvalue weighted by Crippen LogP contribution is 2.23. The summed E-state index contributed by atoms with van der Waals surface area (Å²) in [5, 5.41) is 19.7. The molecular formula is C15H14N2OS. The molecule has 3 nitrogen and oxygen atoms in total. The Labute approximate surface area is 116 Å². The van der Waals surface area contributed by atoms with Crippen molar-refractivity contribution in [1.82, 2.24) is 4.98 Å². The van der Waals surface area contributed by atoms with Crippen molar-refractivity contribution in [2.75, 3.05) is 5.75 Å². The smallest absolute Gasteiger partial charge is 0.0991 e. The molecule has 1 heterocycles. The molecule has 1 aromatic carbocycles. The van der Waals surface area contributed by atoms with Crippen molar-refractivity contribution in [3.63, 3.8) is 0 Å². The number of hydrogen-bond acceptors (Lipinski definition) is 4. The molecule has 4 heteroatoms. The molecule has 1 aromatic heterocycles. The van der Waals surface area contributed by atoms with Gasteiger partial charge in [0, 0.05) is 11.9 Å². The zero-order chi connectivity index (χ0) is 13.7. The second-order valence-electron chi connectivity index (χ2n) is 4.23. The number of hydrogen-bond donors (Lipinski definition) is 1. The van der Waals surface area contributed by atoms with E-state index in [-0.39, 0.29) is 0 Å². The van der Waals surface area contributed by atoms with Gasteiger partial charge in [-0.2, -0.15) is 5.26 Å². The van der Waals surface area contributed by atoms with Crippen LogP contribution in [0.4, 0.5) is 0 Å². The molecule has 0 saturated heterocycles. The van der Waals surface area contributed by atoms with Crippen LogP contribution in [0.15, 0.2) is 47.6 Å². The summed E-state index contributed by atoms with van der Waals surface area (Å²) in [7, 11) is 0. The highest BCUT2D eigenvalue weighted by molar-refractivity contribution is 7.99. The largest absolute Gasteiger partial charge is 0.388 e. The van der Waals surface area contributed by atoms with Gasteiger partial charge in [0.15, 0.2) is 0 Å². The average molecular weight is 270 g/mol. The van der Waals surface area contributed by atoms with Gasteiger partial charge in [0.1, 0.15) is 0 Å². The van der Waals surface area contributed by atoms with Crippen LogP contribution in [0.5, 0.6) is 0 Å². The fourth-order valence-electron chi connectivity index (χ4n) is 1.58. The normalized spacial score (nSPS) is 11.8. The lowest BCUT2D eigenvalue weighted by Gasteiger charge is -2.10. The van der Waals surface area contributed by atoms with E-state index in [1.54, 1.807) is 24.3 Å². The molecule has 0 fully saturated rings. The third kappa shape index (κ3) is 3.82.